The molecule has 3 N–H and O–H groups in total. The summed E-state index contributed by atoms with van der Waals surface area (Å²) in [6.45, 7) is 2.83. The molecule has 0 aliphatic carbocycles. The van der Waals surface area contributed by atoms with E-state index >= 15 is 0 Å². The van der Waals surface area contributed by atoms with Gasteiger partial charge >= 0.3 is 0 Å². The number of amides is 1. The molecule has 0 fully saturated rings. The molecule has 0 atom stereocenters. The number of hydrogen-bond acceptors (Lipinski definition) is 4. The molecule has 2 aromatic rings. The van der Waals surface area contributed by atoms with Gasteiger partial charge in [0.05, 0.1) is 5.69 Å². The maximum absolute atomic E-state index is 12.0. The first kappa shape index (κ1) is 17.9. The summed E-state index contributed by atoms with van der Waals surface area (Å²) in [6, 6.07) is 15.0. The van der Waals surface area contributed by atoms with Gasteiger partial charge < -0.3 is 15.4 Å². The van der Waals surface area contributed by atoms with Crippen LogP contribution in [0.3, 0.4) is 0 Å². The quantitative estimate of drug-likeness (QED) is 0.552. The minimum atomic E-state index is -0.145. The number of benzene rings is 2. The van der Waals surface area contributed by atoms with Crippen LogP contribution in [0.5, 0.6) is 5.75 Å². The molecule has 0 aliphatic rings. The van der Waals surface area contributed by atoms with Crippen LogP contribution < -0.4 is 15.4 Å². The smallest absolute Gasteiger partial charge is 0.251 e. The summed E-state index contributed by atoms with van der Waals surface area (Å²) < 4.78 is 5.89. The van der Waals surface area contributed by atoms with E-state index in [0.717, 1.165) is 5.56 Å². The van der Waals surface area contributed by atoms with E-state index in [1.807, 2.05) is 43.5 Å². The molecule has 2 aromatic carbocycles. The van der Waals surface area contributed by atoms with Crippen LogP contribution in [-0.4, -0.2) is 23.9 Å². The maximum atomic E-state index is 12.0. The summed E-state index contributed by atoms with van der Waals surface area (Å²) in [5, 5.41) is 13.9. The lowest BCUT2D eigenvalue weighted by atomic mass is 10.1. The highest BCUT2D eigenvalue weighted by molar-refractivity contribution is 8.13. The number of hydrogen-bond donors (Lipinski definition) is 3. The molecule has 0 saturated heterocycles. The largest absolute Gasteiger partial charge is 0.487 e. The molecular weight excluding hydrogens is 322 g/mol. The van der Waals surface area contributed by atoms with Gasteiger partial charge in [0.2, 0.25) is 0 Å². The predicted molar refractivity (Wildman–Crippen MR) is 100 cm³/mol. The van der Waals surface area contributed by atoms with E-state index in [1.54, 1.807) is 18.2 Å². The van der Waals surface area contributed by atoms with Crippen molar-refractivity contribution in [1.82, 2.24) is 5.32 Å². The number of nitrogens with one attached hydrogen (secondary N) is 3. The summed E-state index contributed by atoms with van der Waals surface area (Å²) in [4.78, 5) is 12.0. The number of anilines is 1. The topological polar surface area (TPSA) is 74.2 Å². The lowest BCUT2D eigenvalue weighted by Crippen LogP contribution is -2.22. The molecule has 0 aromatic heterocycles. The van der Waals surface area contributed by atoms with Crippen LogP contribution in [0, 0.1) is 5.41 Å². The minimum Gasteiger partial charge on any atom is -0.487 e. The molecule has 0 heterocycles. The van der Waals surface area contributed by atoms with E-state index in [1.165, 1.54) is 11.8 Å². The van der Waals surface area contributed by atoms with Gasteiger partial charge in [-0.3, -0.25) is 10.2 Å². The molecule has 126 valence electrons. The van der Waals surface area contributed by atoms with Gasteiger partial charge in [0.1, 0.15) is 12.4 Å². The SMILES string of the molecule is CCNC(=O)c1ccc(NC(=N)SC)c(OCc2ccccc2)c1. The van der Waals surface area contributed by atoms with E-state index in [9.17, 15) is 4.79 Å². The zero-order valence-electron chi connectivity index (χ0n) is 13.8. The first-order valence-electron chi connectivity index (χ1n) is 7.62. The zero-order chi connectivity index (χ0) is 17.4. The van der Waals surface area contributed by atoms with Gasteiger partial charge in [-0.1, -0.05) is 42.1 Å². The molecule has 0 spiro atoms. The third-order valence-electron chi connectivity index (χ3n) is 3.27. The van der Waals surface area contributed by atoms with E-state index in [-0.39, 0.29) is 5.91 Å². The van der Waals surface area contributed by atoms with Crippen molar-refractivity contribution in [2.75, 3.05) is 18.1 Å². The first-order chi connectivity index (χ1) is 11.6. The summed E-state index contributed by atoms with van der Waals surface area (Å²) >= 11 is 1.30. The van der Waals surface area contributed by atoms with Crippen LogP contribution in [-0.2, 0) is 6.61 Å². The molecule has 1 amide bonds. The monoisotopic (exact) mass is 343 g/mol. The number of thioether (sulfide) groups is 1. The van der Waals surface area contributed by atoms with E-state index in [2.05, 4.69) is 10.6 Å². The molecular formula is C18H21N3O2S. The number of amidine groups is 1. The van der Waals surface area contributed by atoms with Gasteiger partial charge in [-0.2, -0.15) is 0 Å². The highest BCUT2D eigenvalue weighted by atomic mass is 32.2. The summed E-state index contributed by atoms with van der Waals surface area (Å²) in [5.74, 6) is 0.398. The Kier molecular flexibility index (Phi) is 6.69. The average Bonchev–Trinajstić information content (AvgIpc) is 2.61. The highest BCUT2D eigenvalue weighted by Gasteiger charge is 2.11. The van der Waals surface area contributed by atoms with Crippen molar-refractivity contribution in [1.29, 1.82) is 5.41 Å². The Morgan fingerprint density at radius 2 is 1.96 bits per heavy atom. The van der Waals surface area contributed by atoms with Crippen LogP contribution in [0.1, 0.15) is 22.8 Å². The minimum absolute atomic E-state index is 0.145. The molecule has 2 rings (SSSR count). The van der Waals surface area contributed by atoms with Gasteiger partial charge in [0.15, 0.2) is 5.17 Å². The van der Waals surface area contributed by atoms with Gasteiger partial charge in [-0.05, 0) is 36.9 Å². The lowest BCUT2D eigenvalue weighted by Gasteiger charge is -2.14. The fourth-order valence-corrected chi connectivity index (χ4v) is 2.27. The summed E-state index contributed by atoms with van der Waals surface area (Å²) in [6.07, 6.45) is 1.82. The van der Waals surface area contributed by atoms with Crippen molar-refractivity contribution in [3.05, 3.63) is 59.7 Å². The van der Waals surface area contributed by atoms with Crippen LogP contribution >= 0.6 is 11.8 Å². The molecule has 0 unspecified atom stereocenters. The molecule has 0 radical (unpaired) electrons. The normalized spacial score (nSPS) is 10.1. The fourth-order valence-electron chi connectivity index (χ4n) is 2.06. The number of rotatable bonds is 6. The van der Waals surface area contributed by atoms with E-state index in [0.29, 0.717) is 35.3 Å². The van der Waals surface area contributed by atoms with Gasteiger partial charge in [-0.25, -0.2) is 0 Å². The van der Waals surface area contributed by atoms with Crippen LogP contribution in [0.2, 0.25) is 0 Å². The van der Waals surface area contributed by atoms with Crippen molar-refractivity contribution in [3.63, 3.8) is 0 Å². The highest BCUT2D eigenvalue weighted by Crippen LogP contribution is 2.27. The van der Waals surface area contributed by atoms with Crippen molar-refractivity contribution < 1.29 is 9.53 Å². The van der Waals surface area contributed by atoms with Crippen molar-refractivity contribution in [2.24, 2.45) is 0 Å². The Hall–Kier alpha value is -2.47. The second-order valence-electron chi connectivity index (χ2n) is 5.00. The number of carbonyl (C=O) groups is 1. The van der Waals surface area contributed by atoms with Crippen molar-refractivity contribution in [3.8, 4) is 5.75 Å². The van der Waals surface area contributed by atoms with Gasteiger partial charge in [0.25, 0.3) is 5.91 Å². The van der Waals surface area contributed by atoms with Crippen molar-refractivity contribution in [2.45, 2.75) is 13.5 Å². The molecule has 5 nitrogen and oxygen atoms in total. The van der Waals surface area contributed by atoms with Gasteiger partial charge in [-0.15, -0.1) is 0 Å². The first-order valence-corrected chi connectivity index (χ1v) is 8.85. The summed E-state index contributed by atoms with van der Waals surface area (Å²) in [7, 11) is 0. The third-order valence-corrected chi connectivity index (χ3v) is 3.78. The Balaban J connectivity index is 2.23. The van der Waals surface area contributed by atoms with Crippen molar-refractivity contribution >= 4 is 28.5 Å². The van der Waals surface area contributed by atoms with E-state index in [4.69, 9.17) is 10.1 Å². The summed E-state index contributed by atoms with van der Waals surface area (Å²) in [5.41, 5.74) is 2.23. The Labute approximate surface area is 146 Å². The molecule has 0 aliphatic heterocycles. The molecule has 6 heteroatoms. The molecule has 0 bridgehead atoms. The maximum Gasteiger partial charge on any atom is 0.251 e. The average molecular weight is 343 g/mol. The Bertz CT molecular complexity index is 705. The fraction of sp³-hybridized carbons (Fsp3) is 0.222. The molecule has 24 heavy (non-hydrogen) atoms. The standard InChI is InChI=1S/C18H21N3O2S/c1-3-20-17(22)14-9-10-15(21-18(19)24-2)16(11-14)23-12-13-7-5-4-6-8-13/h4-11H,3,12H2,1-2H3,(H2,19,21)(H,20,22). The van der Waals surface area contributed by atoms with Crippen LogP contribution in [0.15, 0.2) is 48.5 Å². The Morgan fingerprint density at radius 1 is 1.21 bits per heavy atom. The second kappa shape index (κ2) is 8.98. The molecule has 0 saturated carbocycles. The van der Waals surface area contributed by atoms with Gasteiger partial charge in [0, 0.05) is 12.1 Å². The second-order valence-corrected chi connectivity index (χ2v) is 5.82. The number of ether oxygens (including phenoxy) is 1. The third kappa shape index (κ3) is 5.03. The zero-order valence-corrected chi connectivity index (χ0v) is 14.6. The van der Waals surface area contributed by atoms with E-state index < -0.39 is 0 Å². The predicted octanol–water partition coefficient (Wildman–Crippen LogP) is 3.72. The Morgan fingerprint density at radius 3 is 2.62 bits per heavy atom. The van der Waals surface area contributed by atoms with Crippen LogP contribution in [0.4, 0.5) is 5.69 Å². The van der Waals surface area contributed by atoms with Crippen LogP contribution in [0.25, 0.3) is 0 Å². The number of carbonyl (C=O) groups excluding carboxylic acids is 1. The lowest BCUT2D eigenvalue weighted by molar-refractivity contribution is 0.0955.